The summed E-state index contributed by atoms with van der Waals surface area (Å²) < 4.78 is 0. The molecule has 0 saturated heterocycles. The number of nitrogens with zero attached hydrogens (tertiary/aromatic N) is 2. The van der Waals surface area contributed by atoms with Gasteiger partial charge in [-0.3, -0.25) is 0 Å². The van der Waals surface area contributed by atoms with Crippen LogP contribution in [0, 0.1) is 0 Å². The van der Waals surface area contributed by atoms with E-state index in [0.717, 1.165) is 43.4 Å². The Hall–Kier alpha value is -1.39. The van der Waals surface area contributed by atoms with Crippen molar-refractivity contribution in [2.45, 2.75) is 27.2 Å². The van der Waals surface area contributed by atoms with Crippen molar-refractivity contribution >= 4 is 16.5 Å². The molecule has 0 aliphatic carbocycles. The molecule has 0 radical (unpaired) electrons. The molecule has 0 amide bonds. The quantitative estimate of drug-likeness (QED) is 0.752. The van der Waals surface area contributed by atoms with E-state index in [-0.39, 0.29) is 0 Å². The molecule has 1 aromatic heterocycles. The van der Waals surface area contributed by atoms with Crippen molar-refractivity contribution in [1.82, 2.24) is 10.3 Å². The number of thiazole rings is 1. The third-order valence-corrected chi connectivity index (χ3v) is 4.72. The minimum Gasteiger partial charge on any atom is -0.349 e. The molecule has 0 aliphatic heterocycles. The highest BCUT2D eigenvalue weighted by Crippen LogP contribution is 2.33. The average molecular weight is 303 g/mol. The molecule has 21 heavy (non-hydrogen) atoms. The van der Waals surface area contributed by atoms with E-state index < -0.39 is 0 Å². The lowest BCUT2D eigenvalue weighted by Crippen LogP contribution is -2.21. The van der Waals surface area contributed by atoms with E-state index in [9.17, 15) is 0 Å². The highest BCUT2D eigenvalue weighted by Gasteiger charge is 2.15. The molecular weight excluding hydrogens is 278 g/mol. The van der Waals surface area contributed by atoms with Crippen molar-refractivity contribution in [2.24, 2.45) is 0 Å². The van der Waals surface area contributed by atoms with Crippen molar-refractivity contribution in [3.05, 3.63) is 35.2 Å². The lowest BCUT2D eigenvalue weighted by molar-refractivity contribution is 0.721. The predicted octanol–water partition coefficient (Wildman–Crippen LogP) is 3.81. The summed E-state index contributed by atoms with van der Waals surface area (Å²) in [6.07, 6.45) is 1.04. The van der Waals surface area contributed by atoms with Gasteiger partial charge in [0.05, 0.1) is 5.69 Å². The molecule has 3 nitrogen and oxygen atoms in total. The smallest absolute Gasteiger partial charge is 0.186 e. The maximum Gasteiger partial charge on any atom is 0.186 e. The zero-order valence-corrected chi connectivity index (χ0v) is 14.0. The van der Waals surface area contributed by atoms with Crippen LogP contribution >= 0.6 is 11.3 Å². The van der Waals surface area contributed by atoms with Crippen LogP contribution in [-0.2, 0) is 6.42 Å². The van der Waals surface area contributed by atoms with Gasteiger partial charge < -0.3 is 10.2 Å². The van der Waals surface area contributed by atoms with E-state index in [2.05, 4.69) is 61.3 Å². The second-order valence-corrected chi connectivity index (χ2v) is 5.97. The zero-order valence-electron chi connectivity index (χ0n) is 13.2. The molecule has 0 saturated carbocycles. The first-order chi connectivity index (χ1) is 10.3. The average Bonchev–Trinajstić information content (AvgIpc) is 2.94. The largest absolute Gasteiger partial charge is 0.349 e. The van der Waals surface area contributed by atoms with Crippen LogP contribution in [0.3, 0.4) is 0 Å². The first-order valence-corrected chi connectivity index (χ1v) is 8.62. The predicted molar refractivity (Wildman–Crippen MR) is 93.4 cm³/mol. The number of anilines is 1. The van der Waals surface area contributed by atoms with Gasteiger partial charge in [0, 0.05) is 30.1 Å². The lowest BCUT2D eigenvalue weighted by atomic mass is 10.1. The lowest BCUT2D eigenvalue weighted by Gasteiger charge is -2.16. The Balaban J connectivity index is 2.31. The monoisotopic (exact) mass is 303 g/mol. The standard InChI is InChI=1S/C17H25N3S/c1-4-18-13-12-15-16(14-10-8-7-9-11-14)19-17(21-15)20(5-2)6-3/h7-11,18H,4-6,12-13H2,1-3H3. The first kappa shape index (κ1) is 16.0. The topological polar surface area (TPSA) is 28.2 Å². The zero-order chi connectivity index (χ0) is 15.1. The van der Waals surface area contributed by atoms with Crippen molar-refractivity contribution in [3.63, 3.8) is 0 Å². The van der Waals surface area contributed by atoms with E-state index in [0.29, 0.717) is 0 Å². The van der Waals surface area contributed by atoms with Crippen LogP contribution in [0.2, 0.25) is 0 Å². The maximum absolute atomic E-state index is 4.92. The molecule has 0 fully saturated rings. The summed E-state index contributed by atoms with van der Waals surface area (Å²) in [6, 6.07) is 10.5. The van der Waals surface area contributed by atoms with E-state index in [4.69, 9.17) is 4.98 Å². The second kappa shape index (κ2) is 8.15. The summed E-state index contributed by atoms with van der Waals surface area (Å²) in [6.45, 7) is 10.6. The molecule has 2 rings (SSSR count). The highest BCUT2D eigenvalue weighted by atomic mass is 32.1. The van der Waals surface area contributed by atoms with Crippen molar-refractivity contribution < 1.29 is 0 Å². The van der Waals surface area contributed by atoms with Gasteiger partial charge in [0.25, 0.3) is 0 Å². The molecule has 0 aliphatic rings. The fourth-order valence-corrected chi connectivity index (χ4v) is 3.55. The number of hydrogen-bond donors (Lipinski definition) is 1. The number of benzene rings is 1. The molecule has 1 heterocycles. The summed E-state index contributed by atoms with van der Waals surface area (Å²) in [7, 11) is 0. The number of likely N-dealkylation sites (N-methyl/N-ethyl adjacent to an activating group) is 1. The Labute approximate surface area is 132 Å². The van der Waals surface area contributed by atoms with E-state index in [1.165, 1.54) is 10.4 Å². The van der Waals surface area contributed by atoms with Gasteiger partial charge >= 0.3 is 0 Å². The first-order valence-electron chi connectivity index (χ1n) is 7.80. The van der Waals surface area contributed by atoms with Gasteiger partial charge in [-0.15, -0.1) is 11.3 Å². The summed E-state index contributed by atoms with van der Waals surface area (Å²) in [5.41, 5.74) is 2.37. The van der Waals surface area contributed by atoms with Gasteiger partial charge in [-0.05, 0) is 26.8 Å². The van der Waals surface area contributed by atoms with E-state index in [1.807, 2.05) is 11.3 Å². The van der Waals surface area contributed by atoms with Crippen LogP contribution < -0.4 is 10.2 Å². The number of aromatic nitrogens is 1. The van der Waals surface area contributed by atoms with Crippen molar-refractivity contribution in [3.8, 4) is 11.3 Å². The molecule has 114 valence electrons. The minimum absolute atomic E-state index is 1.00. The normalized spacial score (nSPS) is 10.8. The summed E-state index contributed by atoms with van der Waals surface area (Å²) in [4.78, 5) is 8.62. The van der Waals surface area contributed by atoms with Crippen LogP contribution in [0.4, 0.5) is 5.13 Å². The Morgan fingerprint density at radius 3 is 2.43 bits per heavy atom. The van der Waals surface area contributed by atoms with Crippen molar-refractivity contribution in [2.75, 3.05) is 31.1 Å². The third kappa shape index (κ3) is 4.05. The Morgan fingerprint density at radius 2 is 1.81 bits per heavy atom. The highest BCUT2D eigenvalue weighted by molar-refractivity contribution is 7.16. The minimum atomic E-state index is 1.00. The van der Waals surface area contributed by atoms with Gasteiger partial charge in [-0.1, -0.05) is 37.3 Å². The van der Waals surface area contributed by atoms with Crippen LogP contribution in [0.5, 0.6) is 0 Å². The Kier molecular flexibility index (Phi) is 6.21. The molecule has 0 unspecified atom stereocenters. The molecular formula is C17H25N3S. The van der Waals surface area contributed by atoms with E-state index in [1.54, 1.807) is 0 Å². The van der Waals surface area contributed by atoms with Gasteiger partial charge in [0.2, 0.25) is 0 Å². The van der Waals surface area contributed by atoms with Gasteiger partial charge in [0.15, 0.2) is 5.13 Å². The Bertz CT molecular complexity index is 532. The third-order valence-electron chi connectivity index (χ3n) is 3.55. The van der Waals surface area contributed by atoms with Crippen LogP contribution in [-0.4, -0.2) is 31.2 Å². The van der Waals surface area contributed by atoms with Gasteiger partial charge in [-0.2, -0.15) is 0 Å². The summed E-state index contributed by atoms with van der Waals surface area (Å²) in [5, 5.41) is 4.55. The maximum atomic E-state index is 4.92. The van der Waals surface area contributed by atoms with Crippen molar-refractivity contribution in [1.29, 1.82) is 0 Å². The van der Waals surface area contributed by atoms with E-state index >= 15 is 0 Å². The second-order valence-electron chi connectivity index (χ2n) is 4.91. The van der Waals surface area contributed by atoms with Gasteiger partial charge in [0.1, 0.15) is 0 Å². The number of rotatable bonds is 8. The molecule has 1 N–H and O–H groups in total. The Morgan fingerprint density at radius 1 is 1.10 bits per heavy atom. The molecule has 2 aromatic rings. The molecule has 4 heteroatoms. The SMILES string of the molecule is CCNCCc1sc(N(CC)CC)nc1-c1ccccc1. The fraction of sp³-hybridized carbons (Fsp3) is 0.471. The summed E-state index contributed by atoms with van der Waals surface area (Å²) >= 11 is 1.84. The van der Waals surface area contributed by atoms with Crippen LogP contribution in [0.15, 0.2) is 30.3 Å². The van der Waals surface area contributed by atoms with Crippen LogP contribution in [0.1, 0.15) is 25.6 Å². The molecule has 0 bridgehead atoms. The van der Waals surface area contributed by atoms with Crippen LogP contribution in [0.25, 0.3) is 11.3 Å². The number of hydrogen-bond acceptors (Lipinski definition) is 4. The number of nitrogens with one attached hydrogen (secondary N) is 1. The molecule has 0 atom stereocenters. The summed E-state index contributed by atoms with van der Waals surface area (Å²) in [5.74, 6) is 0. The molecule has 1 aromatic carbocycles. The molecule has 0 spiro atoms. The van der Waals surface area contributed by atoms with Gasteiger partial charge in [-0.25, -0.2) is 4.98 Å². The fourth-order valence-electron chi connectivity index (χ4n) is 2.34.